The molecule has 0 bridgehead atoms. The van der Waals surface area contributed by atoms with Crippen LogP contribution in [0, 0.1) is 0 Å². The average Bonchev–Trinajstić information content (AvgIpc) is 3.13. The number of aromatic hydroxyl groups is 2. The third kappa shape index (κ3) is 4.45. The lowest BCUT2D eigenvalue weighted by Gasteiger charge is -2.25. The summed E-state index contributed by atoms with van der Waals surface area (Å²) in [6.45, 7) is 2.38. The molecule has 2 N–H and O–H groups in total. The Morgan fingerprint density at radius 2 is 1.88 bits per heavy atom. The van der Waals surface area contributed by atoms with Gasteiger partial charge in [0.25, 0.3) is 0 Å². The number of carbonyl (C=O) groups excluding carboxylic acids is 2. The van der Waals surface area contributed by atoms with Gasteiger partial charge < -0.3 is 34.1 Å². The van der Waals surface area contributed by atoms with Crippen LogP contribution < -0.4 is 9.47 Å². The molecule has 2 aromatic carbocycles. The van der Waals surface area contributed by atoms with E-state index in [1.54, 1.807) is 18.3 Å². The third-order valence-electron chi connectivity index (χ3n) is 5.75. The van der Waals surface area contributed by atoms with Crippen LogP contribution in [0.3, 0.4) is 0 Å². The number of methoxy groups -OCH3 is 2. The number of benzene rings is 2. The van der Waals surface area contributed by atoms with Gasteiger partial charge >= 0.3 is 5.97 Å². The molecule has 2 aromatic rings. The highest BCUT2D eigenvalue weighted by atomic mass is 16.5. The van der Waals surface area contributed by atoms with E-state index in [-0.39, 0.29) is 46.5 Å². The largest absolute Gasteiger partial charge is 0.508 e. The molecule has 9 nitrogen and oxygen atoms in total. The van der Waals surface area contributed by atoms with E-state index >= 15 is 0 Å². The minimum atomic E-state index is -0.725. The Labute approximate surface area is 190 Å². The van der Waals surface area contributed by atoms with Crippen molar-refractivity contribution in [3.8, 4) is 23.0 Å². The quantitative estimate of drug-likeness (QED) is 0.501. The highest BCUT2D eigenvalue weighted by Gasteiger charge is 2.36. The van der Waals surface area contributed by atoms with E-state index < -0.39 is 11.9 Å². The number of hydrogen-bond acceptors (Lipinski definition) is 9. The van der Waals surface area contributed by atoms with Crippen LogP contribution in [0.4, 0.5) is 0 Å². The lowest BCUT2D eigenvalue weighted by Crippen LogP contribution is -2.32. The molecule has 0 aromatic heterocycles. The van der Waals surface area contributed by atoms with Gasteiger partial charge in [-0.05, 0) is 29.8 Å². The fraction of sp³-hybridized carbons (Fsp3) is 0.333. The van der Waals surface area contributed by atoms with Gasteiger partial charge in [0.1, 0.15) is 11.5 Å². The van der Waals surface area contributed by atoms with Crippen molar-refractivity contribution >= 4 is 11.8 Å². The summed E-state index contributed by atoms with van der Waals surface area (Å²) in [5.41, 5.74) is 1.15. The molecule has 0 unspecified atom stereocenters. The highest BCUT2D eigenvalue weighted by Crippen LogP contribution is 2.47. The van der Waals surface area contributed by atoms with Gasteiger partial charge in [0.05, 0.1) is 39.4 Å². The minimum Gasteiger partial charge on any atom is -0.508 e. The molecule has 33 heavy (non-hydrogen) atoms. The van der Waals surface area contributed by atoms with E-state index in [1.807, 2.05) is 4.90 Å². The second kappa shape index (κ2) is 9.41. The molecule has 0 saturated carbocycles. The normalized spacial score (nSPS) is 17.5. The highest BCUT2D eigenvalue weighted by molar-refractivity contribution is 6.12. The number of morpholine rings is 1. The second-order valence-corrected chi connectivity index (χ2v) is 7.71. The van der Waals surface area contributed by atoms with Gasteiger partial charge in [-0.25, -0.2) is 0 Å². The summed E-state index contributed by atoms with van der Waals surface area (Å²) in [6, 6.07) is 7.54. The number of esters is 1. The van der Waals surface area contributed by atoms with Crippen molar-refractivity contribution in [2.24, 2.45) is 0 Å². The van der Waals surface area contributed by atoms with Crippen LogP contribution in [-0.4, -0.2) is 67.4 Å². The smallest absolute Gasteiger partial charge is 0.306 e. The molecule has 0 radical (unpaired) electrons. The number of carbonyl (C=O) groups is 2. The summed E-state index contributed by atoms with van der Waals surface area (Å²) in [5.74, 6) is -1.20. The van der Waals surface area contributed by atoms with Gasteiger partial charge in [-0.1, -0.05) is 6.07 Å². The van der Waals surface area contributed by atoms with Crippen LogP contribution in [0.1, 0.15) is 33.8 Å². The summed E-state index contributed by atoms with van der Waals surface area (Å²) in [4.78, 5) is 27.3. The topological polar surface area (TPSA) is 115 Å². The van der Waals surface area contributed by atoms with Crippen LogP contribution >= 0.6 is 0 Å². The Morgan fingerprint density at radius 1 is 1.15 bits per heavy atom. The van der Waals surface area contributed by atoms with Crippen molar-refractivity contribution in [2.45, 2.75) is 12.3 Å². The van der Waals surface area contributed by atoms with Crippen molar-refractivity contribution in [3.63, 3.8) is 0 Å². The summed E-state index contributed by atoms with van der Waals surface area (Å²) < 4.78 is 21.4. The van der Waals surface area contributed by atoms with Gasteiger partial charge in [0.15, 0.2) is 17.3 Å². The molecule has 174 valence electrons. The lowest BCUT2D eigenvalue weighted by atomic mass is 9.86. The van der Waals surface area contributed by atoms with Gasteiger partial charge in [0.2, 0.25) is 5.78 Å². The van der Waals surface area contributed by atoms with Crippen LogP contribution in [-0.2, 0) is 14.3 Å². The predicted octanol–water partition coefficient (Wildman–Crippen LogP) is 2.55. The summed E-state index contributed by atoms with van der Waals surface area (Å²) >= 11 is 0. The summed E-state index contributed by atoms with van der Waals surface area (Å²) in [7, 11) is 2.69. The Hall–Kier alpha value is -3.72. The molecule has 2 heterocycles. The fourth-order valence-corrected chi connectivity index (χ4v) is 4.01. The molecule has 1 saturated heterocycles. The number of hydrogen-bond donors (Lipinski definition) is 2. The van der Waals surface area contributed by atoms with Crippen molar-refractivity contribution < 1.29 is 38.7 Å². The van der Waals surface area contributed by atoms with Crippen molar-refractivity contribution in [2.75, 3.05) is 40.5 Å². The van der Waals surface area contributed by atoms with Crippen molar-refractivity contribution in [1.82, 2.24) is 4.90 Å². The van der Waals surface area contributed by atoms with Crippen LogP contribution in [0.25, 0.3) is 0 Å². The Morgan fingerprint density at radius 3 is 2.58 bits per heavy atom. The van der Waals surface area contributed by atoms with Gasteiger partial charge in [-0.3, -0.25) is 9.59 Å². The van der Waals surface area contributed by atoms with Crippen molar-refractivity contribution in [1.29, 1.82) is 0 Å². The number of nitrogens with zero attached hydrogens (tertiary/aromatic N) is 1. The molecule has 1 atom stereocenters. The number of allylic oxidation sites excluding steroid dienone is 1. The number of phenols is 2. The summed E-state index contributed by atoms with van der Waals surface area (Å²) in [6.07, 6.45) is 1.53. The molecule has 0 spiro atoms. The van der Waals surface area contributed by atoms with Crippen LogP contribution in [0.15, 0.2) is 42.3 Å². The number of ketones is 1. The molecule has 0 aliphatic carbocycles. The zero-order chi connectivity index (χ0) is 23.5. The van der Waals surface area contributed by atoms with E-state index in [2.05, 4.69) is 0 Å². The first-order valence-electron chi connectivity index (χ1n) is 10.5. The molecule has 0 amide bonds. The fourth-order valence-electron chi connectivity index (χ4n) is 4.01. The Balaban J connectivity index is 1.79. The van der Waals surface area contributed by atoms with Crippen molar-refractivity contribution in [3.05, 3.63) is 59.0 Å². The van der Waals surface area contributed by atoms with E-state index in [0.717, 1.165) is 0 Å². The monoisotopic (exact) mass is 455 g/mol. The van der Waals surface area contributed by atoms with E-state index in [9.17, 15) is 19.8 Å². The maximum atomic E-state index is 13.0. The minimum absolute atomic E-state index is 0.0669. The molecule has 2 aliphatic heterocycles. The zero-order valence-corrected chi connectivity index (χ0v) is 18.4. The first-order valence-corrected chi connectivity index (χ1v) is 10.5. The second-order valence-electron chi connectivity index (χ2n) is 7.71. The lowest BCUT2D eigenvalue weighted by molar-refractivity contribution is -0.140. The van der Waals surface area contributed by atoms with Gasteiger partial charge in [-0.15, -0.1) is 0 Å². The predicted molar refractivity (Wildman–Crippen MR) is 117 cm³/mol. The number of ether oxygens (including phenoxy) is 4. The molecule has 9 heteroatoms. The van der Waals surface area contributed by atoms with Gasteiger partial charge in [-0.2, -0.15) is 0 Å². The van der Waals surface area contributed by atoms with E-state index in [0.29, 0.717) is 37.4 Å². The zero-order valence-electron chi connectivity index (χ0n) is 18.4. The molecular formula is C24H25NO8. The van der Waals surface area contributed by atoms with Gasteiger partial charge in [0, 0.05) is 30.8 Å². The third-order valence-corrected chi connectivity index (χ3v) is 5.75. The summed E-state index contributed by atoms with van der Waals surface area (Å²) in [5, 5.41) is 20.8. The first-order chi connectivity index (χ1) is 15.9. The number of Topliss-reactive ketones (excluding diaryl/α,β-unsaturated/α-hetero) is 1. The molecular weight excluding hydrogens is 430 g/mol. The number of phenolic OH excluding ortho intramolecular Hbond substituents is 2. The number of fused-ring (bicyclic) bond motifs is 1. The Bertz CT molecular complexity index is 1100. The molecule has 4 rings (SSSR count). The SMILES string of the molecule is COC(=O)C[C@@H](c1ccc(O)c(OC)c1)c1c(O)ccc2c1O/C(=C\N1CCOCC1)C2=O. The maximum Gasteiger partial charge on any atom is 0.306 e. The molecule has 1 fully saturated rings. The van der Waals surface area contributed by atoms with E-state index in [1.165, 1.54) is 32.4 Å². The van der Waals surface area contributed by atoms with E-state index in [4.69, 9.17) is 18.9 Å². The Kier molecular flexibility index (Phi) is 6.41. The van der Waals surface area contributed by atoms with Crippen LogP contribution in [0.5, 0.6) is 23.0 Å². The molecule has 2 aliphatic rings. The average molecular weight is 455 g/mol. The first kappa shape index (κ1) is 22.5. The standard InChI is InChI=1S/C24H25NO8/c1-30-19-11-14(3-5-17(19)26)16(12-21(28)31-2)22-18(27)6-4-15-23(29)20(33-24(15)22)13-25-7-9-32-10-8-25/h3-6,11,13,16,26-27H,7-10,12H2,1-2H3/b20-13-/t16-/m0/s1. The number of rotatable bonds is 6. The van der Waals surface area contributed by atoms with Crippen LogP contribution in [0.2, 0.25) is 0 Å². The maximum absolute atomic E-state index is 13.0.